The van der Waals surface area contributed by atoms with Crippen LogP contribution in [0.1, 0.15) is 50.7 Å². The van der Waals surface area contributed by atoms with Crippen molar-refractivity contribution in [1.82, 2.24) is 0 Å². The average Bonchev–Trinajstić information content (AvgIpc) is 2.38. The van der Waals surface area contributed by atoms with E-state index in [0.717, 1.165) is 17.7 Å². The van der Waals surface area contributed by atoms with Crippen LogP contribution in [0.3, 0.4) is 0 Å². The normalized spacial score (nSPS) is 14.4. The van der Waals surface area contributed by atoms with Crippen molar-refractivity contribution in [2.24, 2.45) is 5.92 Å². The first-order valence-electron chi connectivity index (χ1n) is 7.38. The molecule has 0 radical (unpaired) electrons. The smallest absolute Gasteiger partial charge is 0.0574 e. The fourth-order valence-electron chi connectivity index (χ4n) is 2.55. The Morgan fingerprint density at radius 3 is 2.68 bits per heavy atom. The van der Waals surface area contributed by atoms with Crippen molar-refractivity contribution >= 4 is 12.6 Å². The van der Waals surface area contributed by atoms with Gasteiger partial charge in [-0.3, -0.25) is 0 Å². The topological polar surface area (TPSA) is 9.23 Å². The Kier molecular flexibility index (Phi) is 7.55. The van der Waals surface area contributed by atoms with Crippen LogP contribution in [-0.2, 0) is 11.2 Å². The SMILES string of the molecule is CCCC[C@@H](CC(C)Cc1cc(C)ccc1S)OC. The lowest BCUT2D eigenvalue weighted by molar-refractivity contribution is 0.0734. The summed E-state index contributed by atoms with van der Waals surface area (Å²) in [6.45, 7) is 6.68. The molecule has 108 valence electrons. The molecule has 0 aliphatic heterocycles. The molecule has 0 saturated carbocycles. The summed E-state index contributed by atoms with van der Waals surface area (Å²) in [6, 6.07) is 6.48. The molecular weight excluding hydrogens is 252 g/mol. The number of hydrogen-bond donors (Lipinski definition) is 1. The number of hydrogen-bond acceptors (Lipinski definition) is 2. The summed E-state index contributed by atoms with van der Waals surface area (Å²) in [5, 5.41) is 0. The zero-order valence-electron chi connectivity index (χ0n) is 12.8. The van der Waals surface area contributed by atoms with E-state index in [2.05, 4.69) is 51.6 Å². The Labute approximate surface area is 124 Å². The first-order valence-corrected chi connectivity index (χ1v) is 7.82. The Hall–Kier alpha value is -0.470. The predicted molar refractivity (Wildman–Crippen MR) is 86.2 cm³/mol. The van der Waals surface area contributed by atoms with Gasteiger partial charge in [0.15, 0.2) is 0 Å². The Morgan fingerprint density at radius 2 is 2.05 bits per heavy atom. The highest BCUT2D eigenvalue weighted by atomic mass is 32.1. The quantitative estimate of drug-likeness (QED) is 0.655. The van der Waals surface area contributed by atoms with E-state index in [1.807, 2.05) is 7.11 Å². The summed E-state index contributed by atoms with van der Waals surface area (Å²) < 4.78 is 5.60. The van der Waals surface area contributed by atoms with E-state index in [-0.39, 0.29) is 0 Å². The van der Waals surface area contributed by atoms with E-state index in [9.17, 15) is 0 Å². The summed E-state index contributed by atoms with van der Waals surface area (Å²) in [7, 11) is 1.84. The molecule has 0 amide bonds. The molecule has 1 rings (SSSR count). The first-order chi connectivity index (χ1) is 9.06. The number of thiol groups is 1. The highest BCUT2D eigenvalue weighted by Gasteiger charge is 2.13. The molecule has 2 heteroatoms. The molecule has 1 aromatic carbocycles. The molecule has 0 heterocycles. The van der Waals surface area contributed by atoms with Crippen molar-refractivity contribution in [1.29, 1.82) is 0 Å². The summed E-state index contributed by atoms with van der Waals surface area (Å²) in [6.07, 6.45) is 6.31. The van der Waals surface area contributed by atoms with Gasteiger partial charge in [-0.1, -0.05) is 44.4 Å². The van der Waals surface area contributed by atoms with E-state index in [1.54, 1.807) is 0 Å². The second-order valence-electron chi connectivity index (χ2n) is 5.68. The molecule has 0 aromatic heterocycles. The second-order valence-corrected chi connectivity index (χ2v) is 6.16. The maximum atomic E-state index is 5.60. The number of aryl methyl sites for hydroxylation is 1. The fourth-order valence-corrected chi connectivity index (χ4v) is 2.78. The summed E-state index contributed by atoms with van der Waals surface area (Å²) >= 11 is 4.56. The average molecular weight is 280 g/mol. The van der Waals surface area contributed by atoms with Crippen LogP contribution in [0.5, 0.6) is 0 Å². The number of unbranched alkanes of at least 4 members (excludes halogenated alkanes) is 1. The van der Waals surface area contributed by atoms with Gasteiger partial charge in [0.2, 0.25) is 0 Å². The zero-order valence-corrected chi connectivity index (χ0v) is 13.7. The van der Waals surface area contributed by atoms with Gasteiger partial charge in [0, 0.05) is 12.0 Å². The van der Waals surface area contributed by atoms with Gasteiger partial charge in [-0.05, 0) is 43.7 Å². The highest BCUT2D eigenvalue weighted by Crippen LogP contribution is 2.23. The van der Waals surface area contributed by atoms with Crippen LogP contribution in [0.15, 0.2) is 23.1 Å². The maximum Gasteiger partial charge on any atom is 0.0574 e. The summed E-state index contributed by atoms with van der Waals surface area (Å²) in [4.78, 5) is 1.11. The third-order valence-electron chi connectivity index (χ3n) is 3.68. The monoisotopic (exact) mass is 280 g/mol. The molecule has 0 spiro atoms. The van der Waals surface area contributed by atoms with Crippen molar-refractivity contribution in [2.45, 2.75) is 63.9 Å². The third kappa shape index (κ3) is 6.01. The van der Waals surface area contributed by atoms with Crippen LogP contribution in [0.4, 0.5) is 0 Å². The standard InChI is InChI=1S/C17H28OS/c1-5-6-7-16(18-4)12-14(3)11-15-10-13(2)8-9-17(15)19/h8-10,14,16,19H,5-7,11-12H2,1-4H3/t14?,16-/m0/s1. The highest BCUT2D eigenvalue weighted by molar-refractivity contribution is 7.80. The molecule has 19 heavy (non-hydrogen) atoms. The van der Waals surface area contributed by atoms with Crippen molar-refractivity contribution in [3.63, 3.8) is 0 Å². The van der Waals surface area contributed by atoms with Crippen molar-refractivity contribution < 1.29 is 4.74 Å². The van der Waals surface area contributed by atoms with Crippen LogP contribution in [0.25, 0.3) is 0 Å². The Balaban J connectivity index is 2.53. The zero-order chi connectivity index (χ0) is 14.3. The van der Waals surface area contributed by atoms with E-state index in [4.69, 9.17) is 4.74 Å². The van der Waals surface area contributed by atoms with Gasteiger partial charge in [0.25, 0.3) is 0 Å². The van der Waals surface area contributed by atoms with Crippen LogP contribution in [-0.4, -0.2) is 13.2 Å². The lowest BCUT2D eigenvalue weighted by Crippen LogP contribution is -2.16. The molecule has 0 fully saturated rings. The van der Waals surface area contributed by atoms with Gasteiger partial charge < -0.3 is 4.74 Å². The molecule has 0 saturated heterocycles. The number of methoxy groups -OCH3 is 1. The van der Waals surface area contributed by atoms with Gasteiger partial charge in [0.05, 0.1) is 6.10 Å². The number of benzene rings is 1. The minimum absolute atomic E-state index is 0.406. The van der Waals surface area contributed by atoms with E-state index < -0.39 is 0 Å². The van der Waals surface area contributed by atoms with Gasteiger partial charge in [-0.2, -0.15) is 0 Å². The number of rotatable bonds is 8. The molecule has 1 nitrogen and oxygen atoms in total. The van der Waals surface area contributed by atoms with E-state index >= 15 is 0 Å². The molecule has 0 aliphatic rings. The summed E-state index contributed by atoms with van der Waals surface area (Å²) in [5.41, 5.74) is 2.68. The summed E-state index contributed by atoms with van der Waals surface area (Å²) in [5.74, 6) is 0.634. The number of ether oxygens (including phenoxy) is 1. The largest absolute Gasteiger partial charge is 0.381 e. The van der Waals surface area contributed by atoms with E-state index in [1.165, 1.54) is 30.4 Å². The van der Waals surface area contributed by atoms with Gasteiger partial charge in [-0.15, -0.1) is 12.6 Å². The first kappa shape index (κ1) is 16.6. The van der Waals surface area contributed by atoms with Gasteiger partial charge in [0.1, 0.15) is 0 Å². The van der Waals surface area contributed by atoms with Gasteiger partial charge >= 0.3 is 0 Å². The van der Waals surface area contributed by atoms with Crippen LogP contribution < -0.4 is 0 Å². The minimum atomic E-state index is 0.406. The van der Waals surface area contributed by atoms with Crippen molar-refractivity contribution in [3.05, 3.63) is 29.3 Å². The molecule has 0 aliphatic carbocycles. The molecular formula is C17H28OS. The van der Waals surface area contributed by atoms with Crippen LogP contribution in [0, 0.1) is 12.8 Å². The molecule has 2 atom stereocenters. The lowest BCUT2D eigenvalue weighted by Gasteiger charge is -2.20. The molecule has 1 unspecified atom stereocenters. The van der Waals surface area contributed by atoms with Gasteiger partial charge in [-0.25, -0.2) is 0 Å². The predicted octanol–water partition coefficient (Wildman–Crippen LogP) is 5.06. The minimum Gasteiger partial charge on any atom is -0.381 e. The molecule has 0 bridgehead atoms. The Bertz CT molecular complexity index is 376. The third-order valence-corrected chi connectivity index (χ3v) is 4.12. The van der Waals surface area contributed by atoms with Crippen molar-refractivity contribution in [3.8, 4) is 0 Å². The van der Waals surface area contributed by atoms with Crippen molar-refractivity contribution in [2.75, 3.05) is 7.11 Å². The van der Waals surface area contributed by atoms with E-state index in [0.29, 0.717) is 12.0 Å². The Morgan fingerprint density at radius 1 is 1.32 bits per heavy atom. The molecule has 1 aromatic rings. The molecule has 0 N–H and O–H groups in total. The fraction of sp³-hybridized carbons (Fsp3) is 0.647. The lowest BCUT2D eigenvalue weighted by atomic mass is 9.93. The second kappa shape index (κ2) is 8.65. The maximum absolute atomic E-state index is 5.60. The van der Waals surface area contributed by atoms with Crippen LogP contribution >= 0.6 is 12.6 Å². The van der Waals surface area contributed by atoms with Crippen LogP contribution in [0.2, 0.25) is 0 Å².